The summed E-state index contributed by atoms with van der Waals surface area (Å²) in [6.45, 7) is 2.11. The van der Waals surface area contributed by atoms with Crippen molar-refractivity contribution in [1.29, 1.82) is 0 Å². The second-order valence-electron chi connectivity index (χ2n) is 4.66. The first-order valence-electron chi connectivity index (χ1n) is 7.19. The number of para-hydroxylation sites is 1. The lowest BCUT2D eigenvalue weighted by atomic mass is 10.2. The monoisotopic (exact) mass is 322 g/mol. The molecule has 3 rings (SSSR count). The quantitative estimate of drug-likeness (QED) is 0.489. The molecule has 0 radical (unpaired) electrons. The Morgan fingerprint density at radius 3 is 2.61 bits per heavy atom. The molecule has 3 aromatic rings. The molecule has 0 atom stereocenters. The summed E-state index contributed by atoms with van der Waals surface area (Å²) in [5, 5.41) is 0.899. The smallest absolute Gasteiger partial charge is 0.350 e. The molecule has 0 saturated heterocycles. The van der Waals surface area contributed by atoms with Gasteiger partial charge < -0.3 is 4.74 Å². The van der Waals surface area contributed by atoms with E-state index in [1.165, 1.54) is 11.3 Å². The van der Waals surface area contributed by atoms with Gasteiger partial charge >= 0.3 is 5.97 Å². The van der Waals surface area contributed by atoms with Crippen molar-refractivity contribution in [3.05, 3.63) is 59.5 Å². The number of carbonyl (C=O) groups is 1. The van der Waals surface area contributed by atoms with Crippen LogP contribution in [0.15, 0.2) is 64.6 Å². The van der Waals surface area contributed by atoms with E-state index < -0.39 is 0 Å². The van der Waals surface area contributed by atoms with E-state index in [9.17, 15) is 4.79 Å². The van der Waals surface area contributed by atoms with E-state index in [4.69, 9.17) is 4.74 Å². The topological polar surface area (TPSA) is 51.0 Å². The molecule has 0 aliphatic heterocycles. The average molecular weight is 322 g/mol. The lowest BCUT2D eigenvalue weighted by molar-refractivity contribution is 0.0533. The number of rotatable bonds is 4. The van der Waals surface area contributed by atoms with Crippen LogP contribution in [0.2, 0.25) is 0 Å². The Bertz CT molecular complexity index is 894. The second-order valence-corrected chi connectivity index (χ2v) is 5.71. The SMILES string of the molecule is CCOC(=O)c1sc2ccccc2c1N=C=Nc1ccccc1. The fraction of sp³-hybridized carbons (Fsp3) is 0.111. The molecule has 114 valence electrons. The number of thiophene rings is 1. The van der Waals surface area contributed by atoms with Crippen molar-refractivity contribution in [1.82, 2.24) is 0 Å². The molecule has 1 heterocycles. The van der Waals surface area contributed by atoms with Crippen molar-refractivity contribution in [2.24, 2.45) is 9.98 Å². The summed E-state index contributed by atoms with van der Waals surface area (Å²) in [6.07, 6.45) is 0. The van der Waals surface area contributed by atoms with E-state index in [1.54, 1.807) is 6.92 Å². The minimum absolute atomic E-state index is 0.328. The number of aliphatic imine (C=N–C) groups is 2. The Morgan fingerprint density at radius 1 is 1.09 bits per heavy atom. The third kappa shape index (κ3) is 3.37. The molecule has 2 aromatic carbocycles. The van der Waals surface area contributed by atoms with Crippen LogP contribution in [0.3, 0.4) is 0 Å². The zero-order valence-electron chi connectivity index (χ0n) is 12.5. The molecule has 0 bridgehead atoms. The largest absolute Gasteiger partial charge is 0.462 e. The molecule has 5 heteroatoms. The summed E-state index contributed by atoms with van der Waals surface area (Å²) in [6, 6.07) is 19.8. The lowest BCUT2D eigenvalue weighted by Gasteiger charge is -1.98. The average Bonchev–Trinajstić information content (AvgIpc) is 2.95. The van der Waals surface area contributed by atoms with Crippen LogP contribution in [0.25, 0.3) is 10.1 Å². The molecule has 4 nitrogen and oxygen atoms in total. The van der Waals surface area contributed by atoms with Crippen molar-refractivity contribution in [3.63, 3.8) is 0 Å². The van der Waals surface area contributed by atoms with Gasteiger partial charge in [0.1, 0.15) is 16.6 Å². The van der Waals surface area contributed by atoms with E-state index in [-0.39, 0.29) is 5.97 Å². The van der Waals surface area contributed by atoms with Crippen molar-refractivity contribution < 1.29 is 9.53 Å². The normalized spacial score (nSPS) is 10.1. The Hall–Kier alpha value is -2.75. The number of ether oxygens (including phenoxy) is 1. The summed E-state index contributed by atoms with van der Waals surface area (Å²) in [5.41, 5.74) is 1.32. The Morgan fingerprint density at radius 2 is 1.83 bits per heavy atom. The van der Waals surface area contributed by atoms with E-state index in [2.05, 4.69) is 16.0 Å². The van der Waals surface area contributed by atoms with Gasteiger partial charge in [0.05, 0.1) is 12.3 Å². The van der Waals surface area contributed by atoms with Crippen LogP contribution in [0.1, 0.15) is 16.6 Å². The van der Waals surface area contributed by atoms with Crippen molar-refractivity contribution >= 4 is 44.8 Å². The summed E-state index contributed by atoms with van der Waals surface area (Å²) in [4.78, 5) is 21.1. The van der Waals surface area contributed by atoms with Gasteiger partial charge in [-0.15, -0.1) is 11.3 Å². The number of hydrogen-bond acceptors (Lipinski definition) is 5. The molecule has 1 aromatic heterocycles. The predicted molar refractivity (Wildman–Crippen MR) is 93.4 cm³/mol. The molecule has 23 heavy (non-hydrogen) atoms. The zero-order chi connectivity index (χ0) is 16.1. The zero-order valence-corrected chi connectivity index (χ0v) is 13.3. The second kappa shape index (κ2) is 7.01. The Labute approximate surface area is 137 Å². The summed E-state index contributed by atoms with van der Waals surface area (Å²) < 4.78 is 6.10. The Balaban J connectivity index is 2.06. The number of hydrogen-bond donors (Lipinski definition) is 0. The maximum Gasteiger partial charge on any atom is 0.350 e. The van der Waals surface area contributed by atoms with Gasteiger partial charge in [-0.3, -0.25) is 0 Å². The van der Waals surface area contributed by atoms with Gasteiger partial charge in [0, 0.05) is 10.1 Å². The molecule has 0 saturated carbocycles. The van der Waals surface area contributed by atoms with Gasteiger partial charge in [0.25, 0.3) is 0 Å². The first kappa shape index (κ1) is 15.2. The molecule has 0 N–H and O–H groups in total. The van der Waals surface area contributed by atoms with Crippen molar-refractivity contribution in [2.45, 2.75) is 6.92 Å². The third-order valence-corrected chi connectivity index (χ3v) is 4.27. The number of fused-ring (bicyclic) bond motifs is 1. The summed E-state index contributed by atoms with van der Waals surface area (Å²) in [7, 11) is 0. The van der Waals surface area contributed by atoms with Crippen LogP contribution in [0, 0.1) is 0 Å². The van der Waals surface area contributed by atoms with Crippen molar-refractivity contribution in [3.8, 4) is 0 Å². The molecule has 0 aliphatic carbocycles. The van der Waals surface area contributed by atoms with Crippen LogP contribution < -0.4 is 0 Å². The molecule has 0 aliphatic rings. The maximum absolute atomic E-state index is 12.1. The molecule has 0 spiro atoms. The number of nitrogens with zero attached hydrogens (tertiary/aromatic N) is 2. The van der Waals surface area contributed by atoms with Crippen LogP contribution in [-0.2, 0) is 4.74 Å². The first-order chi connectivity index (χ1) is 11.3. The molecule has 0 fully saturated rings. The minimum Gasteiger partial charge on any atom is -0.462 e. The highest BCUT2D eigenvalue weighted by atomic mass is 32.1. The number of esters is 1. The predicted octanol–water partition coefficient (Wildman–Crippen LogP) is 5.22. The van der Waals surface area contributed by atoms with Gasteiger partial charge in [-0.25, -0.2) is 4.79 Å². The number of carbonyl (C=O) groups excluding carboxylic acids is 1. The molecule has 0 amide bonds. The van der Waals surface area contributed by atoms with Crippen LogP contribution in [0.4, 0.5) is 11.4 Å². The van der Waals surface area contributed by atoms with Crippen LogP contribution >= 0.6 is 11.3 Å². The van der Waals surface area contributed by atoms with E-state index >= 15 is 0 Å². The van der Waals surface area contributed by atoms with E-state index in [1.807, 2.05) is 54.6 Å². The van der Waals surface area contributed by atoms with Gasteiger partial charge in [-0.05, 0) is 25.1 Å². The van der Waals surface area contributed by atoms with Gasteiger partial charge in [-0.1, -0.05) is 36.4 Å². The fourth-order valence-corrected chi connectivity index (χ4v) is 3.15. The molecular formula is C18H14N2O2S. The number of benzene rings is 2. The first-order valence-corrected chi connectivity index (χ1v) is 8.01. The van der Waals surface area contributed by atoms with Crippen LogP contribution in [0.5, 0.6) is 0 Å². The summed E-state index contributed by atoms with van der Waals surface area (Å²) in [5.74, 6) is -0.367. The van der Waals surface area contributed by atoms with Gasteiger partial charge in [0.2, 0.25) is 0 Å². The summed E-state index contributed by atoms with van der Waals surface area (Å²) >= 11 is 1.37. The maximum atomic E-state index is 12.1. The van der Waals surface area contributed by atoms with Gasteiger partial charge in [0.15, 0.2) is 0 Å². The lowest BCUT2D eigenvalue weighted by Crippen LogP contribution is -2.02. The van der Waals surface area contributed by atoms with Crippen LogP contribution in [-0.4, -0.2) is 18.6 Å². The molecule has 0 unspecified atom stereocenters. The standard InChI is InChI=1S/C18H14N2O2S/c1-2-22-18(21)17-16(14-10-6-7-11-15(14)23-17)20-12-19-13-8-4-3-5-9-13/h3-11H,2H2,1H3. The highest BCUT2D eigenvalue weighted by Gasteiger charge is 2.18. The fourth-order valence-electron chi connectivity index (χ4n) is 2.11. The van der Waals surface area contributed by atoms with E-state index in [0.29, 0.717) is 17.2 Å². The minimum atomic E-state index is -0.367. The van der Waals surface area contributed by atoms with Crippen molar-refractivity contribution in [2.75, 3.05) is 6.61 Å². The Kier molecular flexibility index (Phi) is 4.62. The van der Waals surface area contributed by atoms with E-state index in [0.717, 1.165) is 15.8 Å². The third-order valence-electron chi connectivity index (χ3n) is 3.13. The molecular weight excluding hydrogens is 308 g/mol. The van der Waals surface area contributed by atoms with Gasteiger partial charge in [-0.2, -0.15) is 9.98 Å². The highest BCUT2D eigenvalue weighted by Crippen LogP contribution is 2.38. The highest BCUT2D eigenvalue weighted by molar-refractivity contribution is 7.21.